The quantitative estimate of drug-likeness (QED) is 0.820. The standard InChI is InChI=1S/C20H25N3O3/c1-26-15-10-8-14(9-11-15)19(24)22-17-5-3-2-4-16(17)20(25)23-18(12-21)13-6-7-13/h8-11,13,16-18H,2-7H2,1H3,(H,22,24)(H,23,25)/t16-,17-,18?/m1/s1. The van der Waals surface area contributed by atoms with Crippen LogP contribution in [0.2, 0.25) is 0 Å². The molecular weight excluding hydrogens is 330 g/mol. The van der Waals surface area contributed by atoms with Gasteiger partial charge in [0.2, 0.25) is 5.91 Å². The molecule has 0 spiro atoms. The van der Waals surface area contributed by atoms with E-state index >= 15 is 0 Å². The monoisotopic (exact) mass is 355 g/mol. The summed E-state index contributed by atoms with van der Waals surface area (Å²) in [5.74, 6) is 0.416. The van der Waals surface area contributed by atoms with Gasteiger partial charge in [0, 0.05) is 11.6 Å². The highest BCUT2D eigenvalue weighted by Gasteiger charge is 2.37. The Bertz CT molecular complexity index is 691. The van der Waals surface area contributed by atoms with E-state index < -0.39 is 6.04 Å². The van der Waals surface area contributed by atoms with Crippen LogP contribution in [0.4, 0.5) is 0 Å². The zero-order valence-electron chi connectivity index (χ0n) is 15.0. The molecule has 1 aromatic rings. The molecule has 2 aliphatic carbocycles. The van der Waals surface area contributed by atoms with Crippen LogP contribution in [0.3, 0.4) is 0 Å². The number of ether oxygens (including phenoxy) is 1. The summed E-state index contributed by atoms with van der Waals surface area (Å²) in [5, 5.41) is 15.1. The van der Waals surface area contributed by atoms with Crippen molar-refractivity contribution >= 4 is 11.8 Å². The van der Waals surface area contributed by atoms with Gasteiger partial charge in [0.15, 0.2) is 0 Å². The highest BCUT2D eigenvalue weighted by molar-refractivity contribution is 5.95. The zero-order chi connectivity index (χ0) is 18.5. The number of carbonyl (C=O) groups is 2. The van der Waals surface area contributed by atoms with Gasteiger partial charge >= 0.3 is 0 Å². The molecule has 0 aromatic heterocycles. The van der Waals surface area contributed by atoms with Gasteiger partial charge in [-0.15, -0.1) is 0 Å². The number of carbonyl (C=O) groups excluding carboxylic acids is 2. The van der Waals surface area contributed by atoms with Crippen LogP contribution in [0.15, 0.2) is 24.3 Å². The maximum atomic E-state index is 12.7. The molecule has 2 N–H and O–H groups in total. The topological polar surface area (TPSA) is 91.2 Å². The molecule has 0 heterocycles. The summed E-state index contributed by atoms with van der Waals surface area (Å²) >= 11 is 0. The van der Waals surface area contributed by atoms with Gasteiger partial charge in [0.1, 0.15) is 11.8 Å². The van der Waals surface area contributed by atoms with Crippen molar-refractivity contribution in [2.24, 2.45) is 11.8 Å². The molecule has 6 nitrogen and oxygen atoms in total. The average molecular weight is 355 g/mol. The van der Waals surface area contributed by atoms with Crippen molar-refractivity contribution in [1.82, 2.24) is 10.6 Å². The molecule has 26 heavy (non-hydrogen) atoms. The lowest BCUT2D eigenvalue weighted by atomic mass is 9.83. The van der Waals surface area contributed by atoms with Crippen LogP contribution in [0, 0.1) is 23.2 Å². The summed E-state index contributed by atoms with van der Waals surface area (Å²) in [7, 11) is 1.58. The molecule has 3 atom stereocenters. The van der Waals surface area contributed by atoms with E-state index in [9.17, 15) is 14.9 Å². The van der Waals surface area contributed by atoms with Gasteiger partial charge in [-0.3, -0.25) is 9.59 Å². The van der Waals surface area contributed by atoms with Gasteiger partial charge in [-0.25, -0.2) is 0 Å². The first-order chi connectivity index (χ1) is 12.6. The van der Waals surface area contributed by atoms with E-state index in [0.717, 1.165) is 38.5 Å². The fraction of sp³-hybridized carbons (Fsp3) is 0.550. The molecule has 0 bridgehead atoms. The summed E-state index contributed by atoms with van der Waals surface area (Å²) in [6, 6.07) is 8.51. The predicted octanol–water partition coefficient (Wildman–Crippen LogP) is 2.40. The van der Waals surface area contributed by atoms with Gasteiger partial charge in [-0.2, -0.15) is 5.26 Å². The molecule has 2 saturated carbocycles. The number of rotatable bonds is 6. The third kappa shape index (κ3) is 4.34. The van der Waals surface area contributed by atoms with E-state index in [1.165, 1.54) is 0 Å². The Kier molecular flexibility index (Phi) is 5.77. The van der Waals surface area contributed by atoms with Crippen LogP contribution in [0.25, 0.3) is 0 Å². The Balaban J connectivity index is 1.63. The fourth-order valence-electron chi connectivity index (χ4n) is 3.56. The van der Waals surface area contributed by atoms with Gasteiger partial charge in [0.25, 0.3) is 5.91 Å². The molecule has 0 saturated heterocycles. The van der Waals surface area contributed by atoms with Gasteiger partial charge < -0.3 is 15.4 Å². The maximum Gasteiger partial charge on any atom is 0.251 e. The van der Waals surface area contributed by atoms with E-state index in [4.69, 9.17) is 4.74 Å². The van der Waals surface area contributed by atoms with Crippen LogP contribution in [0.5, 0.6) is 5.75 Å². The van der Waals surface area contributed by atoms with Crippen molar-refractivity contribution in [3.05, 3.63) is 29.8 Å². The molecule has 6 heteroatoms. The summed E-state index contributed by atoms with van der Waals surface area (Å²) < 4.78 is 5.11. The first-order valence-corrected chi connectivity index (χ1v) is 9.27. The number of nitrogens with one attached hydrogen (secondary N) is 2. The molecule has 1 aromatic carbocycles. The number of hydrogen-bond donors (Lipinski definition) is 2. The highest BCUT2D eigenvalue weighted by atomic mass is 16.5. The van der Waals surface area contributed by atoms with E-state index in [1.807, 2.05) is 0 Å². The molecule has 1 unspecified atom stereocenters. The third-order valence-electron chi connectivity index (χ3n) is 5.30. The normalized spacial score (nSPS) is 23.4. The largest absolute Gasteiger partial charge is 0.497 e. The molecule has 0 aliphatic heterocycles. The molecular formula is C20H25N3O3. The number of amides is 2. The molecule has 138 valence electrons. The third-order valence-corrected chi connectivity index (χ3v) is 5.30. The second-order valence-corrected chi connectivity index (χ2v) is 7.15. The highest BCUT2D eigenvalue weighted by Crippen LogP contribution is 2.33. The smallest absolute Gasteiger partial charge is 0.251 e. The Labute approximate surface area is 153 Å². The zero-order valence-corrected chi connectivity index (χ0v) is 15.0. The minimum Gasteiger partial charge on any atom is -0.497 e. The summed E-state index contributed by atoms with van der Waals surface area (Å²) in [4.78, 5) is 25.2. The van der Waals surface area contributed by atoms with Crippen molar-refractivity contribution in [2.75, 3.05) is 7.11 Å². The van der Waals surface area contributed by atoms with Crippen LogP contribution in [-0.2, 0) is 4.79 Å². The average Bonchev–Trinajstić information content (AvgIpc) is 3.51. The SMILES string of the molecule is COc1ccc(C(=O)N[C@@H]2CCCC[C@H]2C(=O)NC(C#N)C2CC2)cc1. The number of methoxy groups -OCH3 is 1. The minimum atomic E-state index is -0.401. The number of nitrogens with zero attached hydrogens (tertiary/aromatic N) is 1. The lowest BCUT2D eigenvalue weighted by Crippen LogP contribution is -2.50. The Hall–Kier alpha value is -2.55. The van der Waals surface area contributed by atoms with Crippen LogP contribution < -0.4 is 15.4 Å². The molecule has 2 amide bonds. The summed E-state index contributed by atoms with van der Waals surface area (Å²) in [5.41, 5.74) is 0.545. The first-order valence-electron chi connectivity index (χ1n) is 9.27. The van der Waals surface area contributed by atoms with E-state index in [1.54, 1.807) is 31.4 Å². The summed E-state index contributed by atoms with van der Waals surface area (Å²) in [6.07, 6.45) is 5.47. The van der Waals surface area contributed by atoms with Crippen LogP contribution >= 0.6 is 0 Å². The van der Waals surface area contributed by atoms with Crippen molar-refractivity contribution in [3.63, 3.8) is 0 Å². The second-order valence-electron chi connectivity index (χ2n) is 7.15. The molecule has 0 radical (unpaired) electrons. The van der Waals surface area contributed by atoms with Crippen molar-refractivity contribution in [3.8, 4) is 11.8 Å². The van der Waals surface area contributed by atoms with Crippen molar-refractivity contribution in [2.45, 2.75) is 50.6 Å². The molecule has 2 aliphatic rings. The maximum absolute atomic E-state index is 12.7. The Morgan fingerprint density at radius 1 is 1.15 bits per heavy atom. The number of benzene rings is 1. The van der Waals surface area contributed by atoms with Gasteiger partial charge in [0.05, 0.1) is 19.1 Å². The Morgan fingerprint density at radius 3 is 2.46 bits per heavy atom. The van der Waals surface area contributed by atoms with E-state index in [0.29, 0.717) is 17.2 Å². The predicted molar refractivity (Wildman–Crippen MR) is 96.5 cm³/mol. The number of hydrogen-bond acceptors (Lipinski definition) is 4. The second kappa shape index (κ2) is 8.22. The van der Waals surface area contributed by atoms with Crippen molar-refractivity contribution in [1.29, 1.82) is 5.26 Å². The molecule has 2 fully saturated rings. The van der Waals surface area contributed by atoms with Crippen molar-refractivity contribution < 1.29 is 14.3 Å². The van der Waals surface area contributed by atoms with E-state index in [-0.39, 0.29) is 23.8 Å². The van der Waals surface area contributed by atoms with E-state index in [2.05, 4.69) is 16.7 Å². The lowest BCUT2D eigenvalue weighted by molar-refractivity contribution is -0.127. The van der Waals surface area contributed by atoms with Crippen LogP contribution in [-0.4, -0.2) is 31.0 Å². The first kappa shape index (κ1) is 18.2. The summed E-state index contributed by atoms with van der Waals surface area (Å²) in [6.45, 7) is 0. The Morgan fingerprint density at radius 2 is 1.85 bits per heavy atom. The van der Waals surface area contributed by atoms with Crippen LogP contribution in [0.1, 0.15) is 48.9 Å². The fourth-order valence-corrected chi connectivity index (χ4v) is 3.56. The number of nitriles is 1. The minimum absolute atomic E-state index is 0.108. The lowest BCUT2D eigenvalue weighted by Gasteiger charge is -2.31. The van der Waals surface area contributed by atoms with Gasteiger partial charge in [-0.1, -0.05) is 12.8 Å². The molecule has 3 rings (SSSR count). The van der Waals surface area contributed by atoms with Gasteiger partial charge in [-0.05, 0) is 55.9 Å².